The molecule has 4 nitrogen and oxygen atoms in total. The Balaban J connectivity index is 2.63. The molecule has 0 spiro atoms. The Labute approximate surface area is 106 Å². The van der Waals surface area contributed by atoms with Crippen LogP contribution in [0.5, 0.6) is 0 Å². The van der Waals surface area contributed by atoms with Crippen molar-refractivity contribution in [2.24, 2.45) is 0 Å². The predicted molar refractivity (Wildman–Crippen MR) is 68.8 cm³/mol. The molecule has 1 aromatic heterocycles. The van der Waals surface area contributed by atoms with Gasteiger partial charge in [0.05, 0.1) is 18.3 Å². The van der Waals surface area contributed by atoms with Gasteiger partial charge in [-0.3, -0.25) is 4.79 Å². The van der Waals surface area contributed by atoms with Gasteiger partial charge in [0.25, 0.3) is 0 Å². The van der Waals surface area contributed by atoms with E-state index in [2.05, 4.69) is 16.9 Å². The smallest absolute Gasteiger partial charge is 0.307 e. The molecule has 5 heteroatoms. The second-order valence-corrected chi connectivity index (χ2v) is 4.79. The molecular weight excluding hydrogens is 236 g/mol. The number of hydrogen-bond donors (Lipinski definition) is 0. The average Bonchev–Trinajstić information content (AvgIpc) is 2.36. The summed E-state index contributed by atoms with van der Waals surface area (Å²) in [5.41, 5.74) is 0. The van der Waals surface area contributed by atoms with E-state index in [4.69, 9.17) is 4.74 Å². The molecule has 0 bridgehead atoms. The van der Waals surface area contributed by atoms with Gasteiger partial charge >= 0.3 is 5.97 Å². The molecule has 0 aromatic carbocycles. The molecule has 17 heavy (non-hydrogen) atoms. The van der Waals surface area contributed by atoms with Crippen molar-refractivity contribution in [2.45, 2.75) is 31.9 Å². The normalized spacial score (nSPS) is 12.1. The third-order valence-electron chi connectivity index (χ3n) is 2.05. The van der Waals surface area contributed by atoms with Crippen molar-refractivity contribution < 1.29 is 9.53 Å². The number of carbonyl (C=O) groups is 1. The van der Waals surface area contributed by atoms with Crippen LogP contribution in [0.25, 0.3) is 0 Å². The number of aromatic nitrogens is 2. The summed E-state index contributed by atoms with van der Waals surface area (Å²) in [6.45, 7) is 4.34. The van der Waals surface area contributed by atoms with E-state index in [-0.39, 0.29) is 11.2 Å². The molecule has 0 radical (unpaired) electrons. The van der Waals surface area contributed by atoms with Gasteiger partial charge in [-0.2, -0.15) is 0 Å². The highest BCUT2D eigenvalue weighted by Crippen LogP contribution is 2.30. The lowest BCUT2D eigenvalue weighted by atomic mass is 10.3. The topological polar surface area (TPSA) is 52.1 Å². The molecule has 0 aliphatic rings. The van der Waals surface area contributed by atoms with Crippen molar-refractivity contribution in [1.82, 2.24) is 9.97 Å². The van der Waals surface area contributed by atoms with Gasteiger partial charge in [-0.25, -0.2) is 9.97 Å². The summed E-state index contributed by atoms with van der Waals surface area (Å²) in [6.07, 6.45) is 4.80. The van der Waals surface area contributed by atoms with Gasteiger partial charge in [-0.05, 0) is 25.2 Å². The summed E-state index contributed by atoms with van der Waals surface area (Å²) in [7, 11) is 0. The first-order chi connectivity index (χ1) is 8.27. The molecule has 0 aliphatic heterocycles. The number of esters is 1. The van der Waals surface area contributed by atoms with Crippen LogP contribution in [-0.2, 0) is 9.53 Å². The lowest BCUT2D eigenvalue weighted by Crippen LogP contribution is -2.11. The fraction of sp³-hybridized carbons (Fsp3) is 0.583. The summed E-state index contributed by atoms with van der Waals surface area (Å²) in [5.74, 6) is 1.51. The number of nitrogens with zero attached hydrogens (tertiary/aromatic N) is 2. The molecule has 0 fully saturated rings. The molecule has 1 aromatic rings. The highest BCUT2D eigenvalue weighted by Gasteiger charge is 2.19. The Kier molecular flexibility index (Phi) is 6.62. The molecule has 94 valence electrons. The van der Waals surface area contributed by atoms with Gasteiger partial charge in [0.15, 0.2) is 0 Å². The quantitative estimate of drug-likeness (QED) is 0.700. The van der Waals surface area contributed by atoms with Gasteiger partial charge in [0.1, 0.15) is 5.82 Å². The van der Waals surface area contributed by atoms with Crippen molar-refractivity contribution >= 4 is 17.7 Å². The Bertz CT molecular complexity index is 333. The zero-order chi connectivity index (χ0) is 12.5. The van der Waals surface area contributed by atoms with E-state index < -0.39 is 0 Å². The van der Waals surface area contributed by atoms with Crippen LogP contribution in [-0.4, -0.2) is 28.3 Å². The number of thioether (sulfide) groups is 1. The maximum absolute atomic E-state index is 11.5. The molecule has 0 amide bonds. The Morgan fingerprint density at radius 3 is 2.71 bits per heavy atom. The molecule has 1 atom stereocenters. The zero-order valence-electron chi connectivity index (χ0n) is 10.3. The van der Waals surface area contributed by atoms with Crippen LogP contribution in [0.3, 0.4) is 0 Å². The molecule has 0 saturated carbocycles. The van der Waals surface area contributed by atoms with E-state index in [1.165, 1.54) is 0 Å². The SMILES string of the molecule is CCCSC(CC(=O)OCC)c1ncccn1. The first-order valence-corrected chi connectivity index (χ1v) is 6.87. The van der Waals surface area contributed by atoms with E-state index in [0.29, 0.717) is 18.9 Å². The predicted octanol–water partition coefficient (Wildman–Crippen LogP) is 2.61. The van der Waals surface area contributed by atoms with Crippen molar-refractivity contribution in [3.63, 3.8) is 0 Å². The van der Waals surface area contributed by atoms with Crippen molar-refractivity contribution in [1.29, 1.82) is 0 Å². The molecule has 0 saturated heterocycles. The largest absolute Gasteiger partial charge is 0.466 e. The van der Waals surface area contributed by atoms with Crippen LogP contribution in [0.4, 0.5) is 0 Å². The zero-order valence-corrected chi connectivity index (χ0v) is 11.1. The number of hydrogen-bond acceptors (Lipinski definition) is 5. The highest BCUT2D eigenvalue weighted by molar-refractivity contribution is 7.99. The van der Waals surface area contributed by atoms with E-state index in [1.54, 1.807) is 30.2 Å². The van der Waals surface area contributed by atoms with Crippen LogP contribution in [0, 0.1) is 0 Å². The minimum Gasteiger partial charge on any atom is -0.466 e. The summed E-state index contributed by atoms with van der Waals surface area (Å²) >= 11 is 1.70. The fourth-order valence-electron chi connectivity index (χ4n) is 1.33. The number of rotatable bonds is 7. The lowest BCUT2D eigenvalue weighted by Gasteiger charge is -2.13. The molecule has 1 heterocycles. The number of carbonyl (C=O) groups excluding carboxylic acids is 1. The van der Waals surface area contributed by atoms with Gasteiger partial charge in [-0.15, -0.1) is 11.8 Å². The minimum atomic E-state index is -0.187. The third-order valence-corrected chi connectivity index (χ3v) is 3.48. The van der Waals surface area contributed by atoms with Gasteiger partial charge in [0, 0.05) is 12.4 Å². The summed E-state index contributed by atoms with van der Waals surface area (Å²) in [6, 6.07) is 1.77. The van der Waals surface area contributed by atoms with Crippen molar-refractivity contribution in [3.8, 4) is 0 Å². The second kappa shape index (κ2) is 8.06. The standard InChI is InChI=1S/C12H18N2O2S/c1-3-8-17-10(9-11(15)16-4-2)12-13-6-5-7-14-12/h5-7,10H,3-4,8-9H2,1-2H3. The number of ether oxygens (including phenoxy) is 1. The first-order valence-electron chi connectivity index (χ1n) is 5.82. The molecule has 0 N–H and O–H groups in total. The van der Waals surface area contributed by atoms with E-state index in [0.717, 1.165) is 12.2 Å². The monoisotopic (exact) mass is 254 g/mol. The van der Waals surface area contributed by atoms with Gasteiger partial charge in [0.2, 0.25) is 0 Å². The summed E-state index contributed by atoms with van der Waals surface area (Å²) in [5, 5.41) is -0.00444. The maximum atomic E-state index is 11.5. The van der Waals surface area contributed by atoms with Crippen molar-refractivity contribution in [2.75, 3.05) is 12.4 Å². The Morgan fingerprint density at radius 2 is 2.12 bits per heavy atom. The minimum absolute atomic E-state index is 0.00444. The highest BCUT2D eigenvalue weighted by atomic mass is 32.2. The van der Waals surface area contributed by atoms with Crippen LogP contribution in [0.1, 0.15) is 37.8 Å². The lowest BCUT2D eigenvalue weighted by molar-refractivity contribution is -0.143. The maximum Gasteiger partial charge on any atom is 0.307 e. The van der Waals surface area contributed by atoms with E-state index in [1.807, 2.05) is 6.92 Å². The average molecular weight is 254 g/mol. The molecular formula is C12H18N2O2S. The Morgan fingerprint density at radius 1 is 1.41 bits per heavy atom. The van der Waals surface area contributed by atoms with E-state index >= 15 is 0 Å². The van der Waals surface area contributed by atoms with Crippen LogP contribution < -0.4 is 0 Å². The van der Waals surface area contributed by atoms with Crippen LogP contribution in [0.15, 0.2) is 18.5 Å². The van der Waals surface area contributed by atoms with E-state index in [9.17, 15) is 4.79 Å². The van der Waals surface area contributed by atoms with Crippen LogP contribution in [0.2, 0.25) is 0 Å². The van der Waals surface area contributed by atoms with Gasteiger partial charge < -0.3 is 4.74 Å². The third kappa shape index (κ3) is 5.17. The Hall–Kier alpha value is -1.10. The molecule has 1 unspecified atom stereocenters. The fourth-order valence-corrected chi connectivity index (χ4v) is 2.38. The van der Waals surface area contributed by atoms with Crippen LogP contribution >= 0.6 is 11.8 Å². The molecule has 1 rings (SSSR count). The van der Waals surface area contributed by atoms with Crippen molar-refractivity contribution in [3.05, 3.63) is 24.3 Å². The summed E-state index contributed by atoms with van der Waals surface area (Å²) < 4.78 is 4.97. The first kappa shape index (κ1) is 14.0. The molecule has 0 aliphatic carbocycles. The second-order valence-electron chi connectivity index (χ2n) is 3.48. The van der Waals surface area contributed by atoms with Gasteiger partial charge in [-0.1, -0.05) is 6.92 Å². The summed E-state index contributed by atoms with van der Waals surface area (Å²) in [4.78, 5) is 19.9.